The predicted octanol–water partition coefficient (Wildman–Crippen LogP) is 3.49. The van der Waals surface area contributed by atoms with Crippen molar-refractivity contribution in [1.82, 2.24) is 10.2 Å². The molecule has 0 bridgehead atoms. The van der Waals surface area contributed by atoms with Gasteiger partial charge >= 0.3 is 0 Å². The van der Waals surface area contributed by atoms with E-state index in [4.69, 9.17) is 0 Å². The first-order valence-electron chi connectivity index (χ1n) is 8.85. The molecule has 0 aromatic heterocycles. The summed E-state index contributed by atoms with van der Waals surface area (Å²) in [5, 5.41) is 2.90. The Kier molecular flexibility index (Phi) is 5.49. The molecule has 0 spiro atoms. The molecule has 4 heteroatoms. The van der Waals surface area contributed by atoms with Crippen molar-refractivity contribution in [3.8, 4) is 0 Å². The van der Waals surface area contributed by atoms with Gasteiger partial charge in [0.25, 0.3) is 11.8 Å². The average Bonchev–Trinajstić information content (AvgIpc) is 2.66. The van der Waals surface area contributed by atoms with Crippen molar-refractivity contribution in [1.29, 1.82) is 0 Å². The van der Waals surface area contributed by atoms with Crippen molar-refractivity contribution < 1.29 is 9.59 Å². The first-order valence-corrected chi connectivity index (χ1v) is 8.85. The van der Waals surface area contributed by atoms with Gasteiger partial charge in [-0.05, 0) is 42.5 Å². The summed E-state index contributed by atoms with van der Waals surface area (Å²) in [5.41, 5.74) is 2.15. The van der Waals surface area contributed by atoms with Crippen molar-refractivity contribution in [2.24, 2.45) is 5.92 Å². The van der Waals surface area contributed by atoms with E-state index in [1.165, 1.54) is 6.42 Å². The Hall–Kier alpha value is -2.62. The molecule has 1 saturated heterocycles. The fourth-order valence-electron chi connectivity index (χ4n) is 3.23. The zero-order chi connectivity index (χ0) is 17.6. The van der Waals surface area contributed by atoms with Crippen LogP contribution in [0.1, 0.15) is 46.0 Å². The lowest BCUT2D eigenvalue weighted by Crippen LogP contribution is -2.39. The fourth-order valence-corrected chi connectivity index (χ4v) is 3.23. The number of carbonyl (C=O) groups excluding carboxylic acids is 2. The number of hydrogen-bond acceptors (Lipinski definition) is 2. The number of amides is 2. The molecule has 0 aliphatic carbocycles. The van der Waals surface area contributed by atoms with Gasteiger partial charge in [-0.15, -0.1) is 0 Å². The van der Waals surface area contributed by atoms with Crippen LogP contribution in [0, 0.1) is 5.92 Å². The number of piperidine rings is 1. The van der Waals surface area contributed by atoms with Gasteiger partial charge in [-0.2, -0.15) is 0 Å². The molecule has 0 saturated carbocycles. The number of nitrogens with one attached hydrogen (secondary N) is 1. The van der Waals surface area contributed by atoms with Gasteiger partial charge in [-0.3, -0.25) is 9.59 Å². The van der Waals surface area contributed by atoms with E-state index in [0.717, 1.165) is 25.1 Å². The maximum absolute atomic E-state index is 12.7. The third-order valence-electron chi connectivity index (χ3n) is 4.61. The van der Waals surface area contributed by atoms with E-state index in [1.54, 1.807) is 24.3 Å². The molecule has 4 nitrogen and oxygen atoms in total. The van der Waals surface area contributed by atoms with E-state index in [2.05, 4.69) is 12.2 Å². The van der Waals surface area contributed by atoms with Crippen molar-refractivity contribution in [2.45, 2.75) is 26.3 Å². The first-order chi connectivity index (χ1) is 12.1. The second-order valence-corrected chi connectivity index (χ2v) is 6.75. The molecule has 1 fully saturated rings. The van der Waals surface area contributed by atoms with Crippen molar-refractivity contribution in [3.63, 3.8) is 0 Å². The molecule has 2 aromatic rings. The average molecular weight is 336 g/mol. The summed E-state index contributed by atoms with van der Waals surface area (Å²) in [5.74, 6) is 0.393. The molecule has 0 radical (unpaired) electrons. The van der Waals surface area contributed by atoms with E-state index in [0.29, 0.717) is 23.6 Å². The minimum absolute atomic E-state index is 0.0178. The molecular formula is C21H24N2O2. The Balaban J connectivity index is 1.66. The van der Waals surface area contributed by atoms with Crippen molar-refractivity contribution >= 4 is 11.8 Å². The topological polar surface area (TPSA) is 49.4 Å². The molecule has 3 rings (SSSR count). The highest BCUT2D eigenvalue weighted by molar-refractivity contribution is 5.99. The Labute approximate surface area is 148 Å². The van der Waals surface area contributed by atoms with Crippen LogP contribution in [0.2, 0.25) is 0 Å². The second-order valence-electron chi connectivity index (χ2n) is 6.75. The molecule has 1 atom stereocenters. The van der Waals surface area contributed by atoms with E-state index in [9.17, 15) is 9.59 Å². The number of hydrogen-bond donors (Lipinski definition) is 1. The van der Waals surface area contributed by atoms with Crippen LogP contribution in [-0.2, 0) is 6.54 Å². The van der Waals surface area contributed by atoms with Gasteiger partial charge < -0.3 is 10.2 Å². The maximum Gasteiger partial charge on any atom is 0.253 e. The summed E-state index contributed by atoms with van der Waals surface area (Å²) in [7, 11) is 0. The van der Waals surface area contributed by atoms with Gasteiger partial charge in [-0.1, -0.05) is 43.3 Å². The van der Waals surface area contributed by atoms with Crippen molar-refractivity contribution in [2.75, 3.05) is 13.1 Å². The van der Waals surface area contributed by atoms with Gasteiger partial charge in [0.2, 0.25) is 0 Å². The van der Waals surface area contributed by atoms with Crippen LogP contribution in [0.4, 0.5) is 0 Å². The largest absolute Gasteiger partial charge is 0.348 e. The molecule has 1 N–H and O–H groups in total. The smallest absolute Gasteiger partial charge is 0.253 e. The first kappa shape index (κ1) is 17.2. The Morgan fingerprint density at radius 1 is 1.08 bits per heavy atom. The second kappa shape index (κ2) is 7.97. The monoisotopic (exact) mass is 336 g/mol. The van der Waals surface area contributed by atoms with Crippen LogP contribution in [0.15, 0.2) is 54.6 Å². The summed E-state index contributed by atoms with van der Waals surface area (Å²) < 4.78 is 0. The van der Waals surface area contributed by atoms with Gasteiger partial charge in [-0.25, -0.2) is 0 Å². The lowest BCUT2D eigenvalue weighted by molar-refractivity contribution is 0.0683. The summed E-state index contributed by atoms with van der Waals surface area (Å²) in [6, 6.07) is 16.8. The highest BCUT2D eigenvalue weighted by Crippen LogP contribution is 2.18. The number of likely N-dealkylation sites (tertiary alicyclic amines) is 1. The van der Waals surface area contributed by atoms with Crippen LogP contribution < -0.4 is 5.32 Å². The molecule has 2 aromatic carbocycles. The van der Waals surface area contributed by atoms with Crippen LogP contribution in [0.25, 0.3) is 0 Å². The molecule has 1 heterocycles. The Morgan fingerprint density at radius 2 is 1.84 bits per heavy atom. The number of benzene rings is 2. The third-order valence-corrected chi connectivity index (χ3v) is 4.61. The zero-order valence-electron chi connectivity index (χ0n) is 14.6. The minimum Gasteiger partial charge on any atom is -0.348 e. The van der Waals surface area contributed by atoms with E-state index < -0.39 is 0 Å². The van der Waals surface area contributed by atoms with Gasteiger partial charge in [0.1, 0.15) is 0 Å². The minimum atomic E-state index is -0.162. The van der Waals surface area contributed by atoms with E-state index in [-0.39, 0.29) is 11.8 Å². The zero-order valence-corrected chi connectivity index (χ0v) is 14.6. The molecule has 25 heavy (non-hydrogen) atoms. The molecule has 1 aliphatic rings. The SMILES string of the molecule is CC1CCCN(C(=O)c2cccc(C(=O)NCc3ccccc3)c2)C1. The molecule has 130 valence electrons. The Morgan fingerprint density at radius 3 is 2.60 bits per heavy atom. The fraction of sp³-hybridized carbons (Fsp3) is 0.333. The quantitative estimate of drug-likeness (QED) is 0.929. The van der Waals surface area contributed by atoms with Crippen LogP contribution in [0.3, 0.4) is 0 Å². The number of rotatable bonds is 4. The lowest BCUT2D eigenvalue weighted by atomic mass is 9.99. The van der Waals surface area contributed by atoms with E-state index >= 15 is 0 Å². The van der Waals surface area contributed by atoms with Gasteiger partial charge in [0.15, 0.2) is 0 Å². The van der Waals surface area contributed by atoms with Crippen LogP contribution in [-0.4, -0.2) is 29.8 Å². The molecule has 1 aliphatic heterocycles. The summed E-state index contributed by atoms with van der Waals surface area (Å²) in [6.45, 7) is 4.24. The highest BCUT2D eigenvalue weighted by Gasteiger charge is 2.22. The van der Waals surface area contributed by atoms with Crippen LogP contribution in [0.5, 0.6) is 0 Å². The normalized spacial score (nSPS) is 17.2. The number of nitrogens with zero attached hydrogens (tertiary/aromatic N) is 1. The van der Waals surface area contributed by atoms with E-state index in [1.807, 2.05) is 35.2 Å². The summed E-state index contributed by atoms with van der Waals surface area (Å²) >= 11 is 0. The highest BCUT2D eigenvalue weighted by atomic mass is 16.2. The maximum atomic E-state index is 12.7. The summed E-state index contributed by atoms with van der Waals surface area (Å²) in [6.07, 6.45) is 2.22. The third kappa shape index (κ3) is 4.47. The van der Waals surface area contributed by atoms with Crippen LogP contribution >= 0.6 is 0 Å². The standard InChI is InChI=1S/C21H24N2O2/c1-16-7-6-12-23(15-16)21(25)19-11-5-10-18(13-19)20(24)22-14-17-8-3-2-4-9-17/h2-5,8-11,13,16H,6-7,12,14-15H2,1H3,(H,22,24). The van der Waals surface area contributed by atoms with Gasteiger partial charge in [0.05, 0.1) is 0 Å². The molecular weight excluding hydrogens is 312 g/mol. The lowest BCUT2D eigenvalue weighted by Gasteiger charge is -2.31. The predicted molar refractivity (Wildman–Crippen MR) is 98.4 cm³/mol. The van der Waals surface area contributed by atoms with Gasteiger partial charge in [0, 0.05) is 30.8 Å². The van der Waals surface area contributed by atoms with Crippen molar-refractivity contribution in [3.05, 3.63) is 71.3 Å². The molecule has 2 amide bonds. The molecule has 1 unspecified atom stereocenters. The summed E-state index contributed by atoms with van der Waals surface area (Å²) in [4.78, 5) is 27.0. The Bertz CT molecular complexity index is 743. The number of carbonyl (C=O) groups is 2.